The highest BCUT2D eigenvalue weighted by Gasteiger charge is 2.21. The second-order valence-corrected chi connectivity index (χ2v) is 5.46. The van der Waals surface area contributed by atoms with Crippen molar-refractivity contribution in [3.05, 3.63) is 35.1 Å². The van der Waals surface area contributed by atoms with Crippen LogP contribution in [0.2, 0.25) is 0 Å². The molecule has 0 amide bonds. The third kappa shape index (κ3) is 3.92. The summed E-state index contributed by atoms with van der Waals surface area (Å²) in [7, 11) is 0. The van der Waals surface area contributed by atoms with Gasteiger partial charge in [-0.3, -0.25) is 0 Å². The molecule has 116 valence electrons. The standard InChI is InChI=1S/C15H22FN3O2/c16-14-10(5-4-6-11(14)15(17)19-21)9-18-12-7-2-1-3-8-13(12)20/h4-6,12-13,18,20-21H,1-3,7-9H2,(H2,17,19). The van der Waals surface area contributed by atoms with Crippen molar-refractivity contribution in [3.8, 4) is 0 Å². The van der Waals surface area contributed by atoms with Crippen LogP contribution < -0.4 is 11.1 Å². The molecule has 1 saturated carbocycles. The van der Waals surface area contributed by atoms with Gasteiger partial charge in [0, 0.05) is 18.2 Å². The summed E-state index contributed by atoms with van der Waals surface area (Å²) >= 11 is 0. The fourth-order valence-electron chi connectivity index (χ4n) is 2.74. The zero-order chi connectivity index (χ0) is 15.2. The molecule has 1 aromatic rings. The predicted molar refractivity (Wildman–Crippen MR) is 78.6 cm³/mol. The van der Waals surface area contributed by atoms with Gasteiger partial charge in [-0.05, 0) is 18.9 Å². The van der Waals surface area contributed by atoms with Gasteiger partial charge in [-0.2, -0.15) is 0 Å². The van der Waals surface area contributed by atoms with E-state index >= 15 is 0 Å². The molecule has 2 rings (SSSR count). The van der Waals surface area contributed by atoms with E-state index in [-0.39, 0.29) is 23.5 Å². The smallest absolute Gasteiger partial charge is 0.173 e. The summed E-state index contributed by atoms with van der Waals surface area (Å²) in [6.07, 6.45) is 4.52. The Bertz CT molecular complexity index is 508. The van der Waals surface area contributed by atoms with E-state index in [1.165, 1.54) is 6.07 Å². The van der Waals surface area contributed by atoms with E-state index < -0.39 is 5.82 Å². The Morgan fingerprint density at radius 1 is 1.33 bits per heavy atom. The Kier molecular flexibility index (Phi) is 5.52. The number of amidine groups is 1. The molecule has 1 aliphatic carbocycles. The molecule has 0 bridgehead atoms. The fraction of sp³-hybridized carbons (Fsp3) is 0.533. The molecule has 21 heavy (non-hydrogen) atoms. The lowest BCUT2D eigenvalue weighted by atomic mass is 10.0. The molecule has 5 N–H and O–H groups in total. The second-order valence-electron chi connectivity index (χ2n) is 5.46. The van der Waals surface area contributed by atoms with Crippen LogP contribution in [-0.2, 0) is 6.54 Å². The maximum Gasteiger partial charge on any atom is 0.173 e. The maximum atomic E-state index is 14.3. The van der Waals surface area contributed by atoms with Crippen molar-refractivity contribution < 1.29 is 14.7 Å². The van der Waals surface area contributed by atoms with E-state index in [1.807, 2.05) is 0 Å². The van der Waals surface area contributed by atoms with Crippen LogP contribution >= 0.6 is 0 Å². The molecule has 6 heteroatoms. The number of halogens is 1. The summed E-state index contributed by atoms with van der Waals surface area (Å²) in [5, 5.41) is 24.7. The number of aliphatic hydroxyl groups is 1. The maximum absolute atomic E-state index is 14.3. The molecular formula is C15H22FN3O2. The molecule has 0 heterocycles. The predicted octanol–water partition coefficient (Wildman–Crippen LogP) is 1.70. The van der Waals surface area contributed by atoms with Gasteiger partial charge in [-0.1, -0.05) is 36.6 Å². The SMILES string of the molecule is N/C(=N/O)c1cccc(CNC2CCCCCC2O)c1F. The second kappa shape index (κ2) is 7.38. The summed E-state index contributed by atoms with van der Waals surface area (Å²) in [5.41, 5.74) is 5.97. The number of benzene rings is 1. The Morgan fingerprint density at radius 2 is 2.10 bits per heavy atom. The summed E-state index contributed by atoms with van der Waals surface area (Å²) in [6, 6.07) is 4.77. The van der Waals surface area contributed by atoms with E-state index in [1.54, 1.807) is 12.1 Å². The average molecular weight is 295 g/mol. The molecule has 0 aromatic heterocycles. The van der Waals surface area contributed by atoms with E-state index in [2.05, 4.69) is 10.5 Å². The molecule has 1 aliphatic rings. The number of aliphatic hydroxyl groups excluding tert-OH is 1. The van der Waals surface area contributed by atoms with Crippen molar-refractivity contribution in [2.45, 2.75) is 50.8 Å². The van der Waals surface area contributed by atoms with Crippen molar-refractivity contribution in [1.82, 2.24) is 5.32 Å². The van der Waals surface area contributed by atoms with Crippen LogP contribution in [-0.4, -0.2) is 28.3 Å². The van der Waals surface area contributed by atoms with Gasteiger partial charge in [0.05, 0.1) is 11.7 Å². The quantitative estimate of drug-likeness (QED) is 0.224. The minimum atomic E-state index is -0.497. The first-order valence-electron chi connectivity index (χ1n) is 7.30. The largest absolute Gasteiger partial charge is 0.409 e. The van der Waals surface area contributed by atoms with Gasteiger partial charge >= 0.3 is 0 Å². The van der Waals surface area contributed by atoms with Crippen LogP contribution in [0.4, 0.5) is 4.39 Å². The van der Waals surface area contributed by atoms with Crippen LogP contribution in [0.15, 0.2) is 23.4 Å². The molecule has 2 atom stereocenters. The topological polar surface area (TPSA) is 90.9 Å². The van der Waals surface area contributed by atoms with Crippen LogP contribution in [0.3, 0.4) is 0 Å². The minimum absolute atomic E-state index is 0.0144. The van der Waals surface area contributed by atoms with Crippen molar-refractivity contribution in [3.63, 3.8) is 0 Å². The molecule has 2 unspecified atom stereocenters. The Hall–Kier alpha value is -1.66. The van der Waals surface area contributed by atoms with Crippen LogP contribution in [0.5, 0.6) is 0 Å². The van der Waals surface area contributed by atoms with E-state index in [0.29, 0.717) is 12.1 Å². The third-order valence-electron chi connectivity index (χ3n) is 4.00. The van der Waals surface area contributed by atoms with Crippen molar-refractivity contribution >= 4 is 5.84 Å². The highest BCUT2D eigenvalue weighted by atomic mass is 19.1. The minimum Gasteiger partial charge on any atom is -0.409 e. The number of nitrogens with zero attached hydrogens (tertiary/aromatic N) is 1. The molecular weight excluding hydrogens is 273 g/mol. The summed E-state index contributed by atoms with van der Waals surface area (Å²) in [4.78, 5) is 0. The zero-order valence-electron chi connectivity index (χ0n) is 11.9. The lowest BCUT2D eigenvalue weighted by Gasteiger charge is -2.22. The highest BCUT2D eigenvalue weighted by molar-refractivity contribution is 5.97. The molecule has 5 nitrogen and oxygen atoms in total. The van der Waals surface area contributed by atoms with Gasteiger partial charge in [0.15, 0.2) is 5.84 Å². The third-order valence-corrected chi connectivity index (χ3v) is 4.00. The normalized spacial score (nSPS) is 23.8. The van der Waals surface area contributed by atoms with Crippen LogP contribution in [0.1, 0.15) is 43.2 Å². The lowest BCUT2D eigenvalue weighted by Crippen LogP contribution is -2.38. The molecule has 1 fully saturated rings. The van der Waals surface area contributed by atoms with Crippen molar-refractivity contribution in [2.75, 3.05) is 0 Å². The Morgan fingerprint density at radius 3 is 2.86 bits per heavy atom. The number of nitrogens with two attached hydrogens (primary N) is 1. The molecule has 0 spiro atoms. The first-order chi connectivity index (χ1) is 10.1. The van der Waals surface area contributed by atoms with Gasteiger partial charge in [0.25, 0.3) is 0 Å². The number of nitrogens with one attached hydrogen (secondary N) is 1. The summed E-state index contributed by atoms with van der Waals surface area (Å²) < 4.78 is 14.3. The number of hydrogen-bond acceptors (Lipinski definition) is 4. The van der Waals surface area contributed by atoms with Gasteiger partial charge in [-0.25, -0.2) is 4.39 Å². The van der Waals surface area contributed by atoms with E-state index in [4.69, 9.17) is 10.9 Å². The lowest BCUT2D eigenvalue weighted by molar-refractivity contribution is 0.119. The van der Waals surface area contributed by atoms with E-state index in [0.717, 1.165) is 32.1 Å². The fourth-order valence-corrected chi connectivity index (χ4v) is 2.74. The Balaban J connectivity index is 2.06. The van der Waals surface area contributed by atoms with E-state index in [9.17, 15) is 9.50 Å². The van der Waals surface area contributed by atoms with Crippen molar-refractivity contribution in [2.24, 2.45) is 10.9 Å². The molecule has 0 radical (unpaired) electrons. The zero-order valence-corrected chi connectivity index (χ0v) is 11.9. The first kappa shape index (κ1) is 15.7. The Labute approximate surface area is 123 Å². The number of hydrogen-bond donors (Lipinski definition) is 4. The number of oxime groups is 1. The van der Waals surface area contributed by atoms with Crippen LogP contribution in [0.25, 0.3) is 0 Å². The van der Waals surface area contributed by atoms with Gasteiger partial charge in [0.1, 0.15) is 5.82 Å². The molecule has 0 aliphatic heterocycles. The monoisotopic (exact) mass is 295 g/mol. The summed E-state index contributed by atoms with van der Waals surface area (Å²) in [6.45, 7) is 0.306. The average Bonchev–Trinajstić information content (AvgIpc) is 2.70. The van der Waals surface area contributed by atoms with Gasteiger partial charge in [-0.15, -0.1) is 0 Å². The first-order valence-corrected chi connectivity index (χ1v) is 7.30. The highest BCUT2D eigenvalue weighted by Crippen LogP contribution is 2.19. The molecule has 0 saturated heterocycles. The van der Waals surface area contributed by atoms with Gasteiger partial charge < -0.3 is 21.4 Å². The van der Waals surface area contributed by atoms with Crippen LogP contribution in [0, 0.1) is 5.82 Å². The van der Waals surface area contributed by atoms with Crippen molar-refractivity contribution in [1.29, 1.82) is 0 Å². The van der Waals surface area contributed by atoms with Gasteiger partial charge in [0.2, 0.25) is 0 Å². The molecule has 1 aromatic carbocycles. The summed E-state index contributed by atoms with van der Waals surface area (Å²) in [5.74, 6) is -0.743. The number of rotatable bonds is 4.